The molecule has 1 aliphatic heterocycles. The van der Waals surface area contributed by atoms with Crippen molar-refractivity contribution in [3.05, 3.63) is 35.3 Å². The van der Waals surface area contributed by atoms with Crippen molar-refractivity contribution in [3.63, 3.8) is 0 Å². The van der Waals surface area contributed by atoms with Crippen molar-refractivity contribution in [1.29, 1.82) is 0 Å². The lowest BCUT2D eigenvalue weighted by Crippen LogP contribution is -2.40. The highest BCUT2D eigenvalue weighted by Gasteiger charge is 2.33. The number of unbranched alkanes of at least 4 members (excludes halogenated alkanes) is 1. The number of amides is 1. The fraction of sp³-hybridized carbons (Fsp3) is 0.444. The Morgan fingerprint density at radius 2 is 2.20 bits per heavy atom. The van der Waals surface area contributed by atoms with Gasteiger partial charge in [-0.25, -0.2) is 13.4 Å². The van der Waals surface area contributed by atoms with Gasteiger partial charge in [-0.2, -0.15) is 0 Å². The van der Waals surface area contributed by atoms with Gasteiger partial charge in [-0.15, -0.1) is 11.3 Å². The van der Waals surface area contributed by atoms with Gasteiger partial charge in [0.05, 0.1) is 21.7 Å². The van der Waals surface area contributed by atoms with Crippen molar-refractivity contribution in [2.24, 2.45) is 0 Å². The molecule has 0 radical (unpaired) electrons. The van der Waals surface area contributed by atoms with E-state index in [1.807, 2.05) is 24.3 Å². The molecule has 1 amide bonds. The summed E-state index contributed by atoms with van der Waals surface area (Å²) in [6.45, 7) is 2.66. The van der Waals surface area contributed by atoms with Crippen LogP contribution >= 0.6 is 11.3 Å². The number of fused-ring (bicyclic) bond motifs is 1. The van der Waals surface area contributed by atoms with Gasteiger partial charge in [0.1, 0.15) is 5.01 Å². The number of benzene rings is 1. The number of sulfone groups is 1. The number of nitrogens with zero attached hydrogens (tertiary/aromatic N) is 2. The largest absolute Gasteiger partial charge is 0.335 e. The first-order chi connectivity index (χ1) is 12.0. The van der Waals surface area contributed by atoms with Crippen molar-refractivity contribution in [2.45, 2.75) is 32.2 Å². The minimum Gasteiger partial charge on any atom is -0.335 e. The van der Waals surface area contributed by atoms with Gasteiger partial charge < -0.3 is 4.90 Å². The van der Waals surface area contributed by atoms with Crippen LogP contribution in [0.25, 0.3) is 16.3 Å². The maximum Gasteiger partial charge on any atom is 0.246 e. The molecular weight excluding hydrogens is 356 g/mol. The minimum atomic E-state index is -3.01. The molecule has 1 saturated heterocycles. The number of para-hydroxylation sites is 1. The third-order valence-corrected chi connectivity index (χ3v) is 7.12. The highest BCUT2D eigenvalue weighted by Crippen LogP contribution is 2.23. The second-order valence-corrected chi connectivity index (χ2v) is 9.59. The second-order valence-electron chi connectivity index (χ2n) is 6.30. The van der Waals surface area contributed by atoms with E-state index < -0.39 is 9.84 Å². The van der Waals surface area contributed by atoms with Gasteiger partial charge in [-0.05, 0) is 31.1 Å². The van der Waals surface area contributed by atoms with E-state index in [-0.39, 0.29) is 23.5 Å². The van der Waals surface area contributed by atoms with Crippen LogP contribution in [-0.2, 0) is 14.6 Å². The molecule has 5 nitrogen and oxygen atoms in total. The second kappa shape index (κ2) is 7.66. The van der Waals surface area contributed by atoms with E-state index in [1.54, 1.807) is 11.0 Å². The van der Waals surface area contributed by atoms with E-state index in [1.165, 1.54) is 17.4 Å². The Balaban J connectivity index is 1.74. The number of carbonyl (C=O) groups excluding carboxylic acids is 1. The quantitative estimate of drug-likeness (QED) is 0.724. The van der Waals surface area contributed by atoms with Gasteiger partial charge >= 0.3 is 0 Å². The average Bonchev–Trinajstić information content (AvgIpc) is 3.16. The maximum atomic E-state index is 12.7. The van der Waals surface area contributed by atoms with Crippen LogP contribution in [0.15, 0.2) is 30.3 Å². The van der Waals surface area contributed by atoms with Crippen molar-refractivity contribution < 1.29 is 13.2 Å². The van der Waals surface area contributed by atoms with Crippen molar-refractivity contribution in [2.75, 3.05) is 18.1 Å². The molecule has 0 bridgehead atoms. The first-order valence-corrected chi connectivity index (χ1v) is 11.2. The number of hydrogen-bond acceptors (Lipinski definition) is 5. The molecule has 0 aliphatic carbocycles. The molecule has 2 aromatic rings. The van der Waals surface area contributed by atoms with E-state index in [0.29, 0.717) is 13.0 Å². The van der Waals surface area contributed by atoms with E-state index in [0.717, 1.165) is 28.1 Å². The molecule has 1 aromatic heterocycles. The number of rotatable bonds is 6. The van der Waals surface area contributed by atoms with E-state index >= 15 is 0 Å². The monoisotopic (exact) mass is 378 g/mol. The van der Waals surface area contributed by atoms with Gasteiger partial charge in [0.25, 0.3) is 0 Å². The Hall–Kier alpha value is -1.73. The van der Waals surface area contributed by atoms with Gasteiger partial charge in [0.2, 0.25) is 5.91 Å². The Bertz CT molecular complexity index is 854. The molecule has 0 spiro atoms. The maximum absolute atomic E-state index is 12.7. The summed E-state index contributed by atoms with van der Waals surface area (Å²) in [5, 5.41) is 0.782. The Morgan fingerprint density at radius 1 is 1.40 bits per heavy atom. The van der Waals surface area contributed by atoms with Crippen LogP contribution in [0.3, 0.4) is 0 Å². The summed E-state index contributed by atoms with van der Waals surface area (Å²) in [6.07, 6.45) is 5.63. The number of hydrogen-bond donors (Lipinski definition) is 0. The summed E-state index contributed by atoms with van der Waals surface area (Å²) in [6, 6.07) is 7.65. The lowest BCUT2D eigenvalue weighted by molar-refractivity contribution is -0.127. The normalized spacial score (nSPS) is 19.6. The fourth-order valence-corrected chi connectivity index (χ4v) is 5.62. The van der Waals surface area contributed by atoms with Crippen LogP contribution in [0.4, 0.5) is 0 Å². The van der Waals surface area contributed by atoms with Crippen LogP contribution < -0.4 is 0 Å². The van der Waals surface area contributed by atoms with Crippen molar-refractivity contribution >= 4 is 43.4 Å². The Kier molecular flexibility index (Phi) is 5.54. The summed E-state index contributed by atoms with van der Waals surface area (Å²) < 4.78 is 24.6. The number of carbonyl (C=O) groups is 1. The summed E-state index contributed by atoms with van der Waals surface area (Å²) in [4.78, 5) is 18.9. The lowest BCUT2D eigenvalue weighted by Gasteiger charge is -2.27. The SMILES string of the molecule is CCCCN(C(=O)/C=C/c1nc2ccccc2s1)C1CCS(=O)(=O)C1. The third kappa shape index (κ3) is 4.46. The predicted molar refractivity (Wildman–Crippen MR) is 102 cm³/mol. The molecule has 25 heavy (non-hydrogen) atoms. The summed E-state index contributed by atoms with van der Waals surface area (Å²) in [7, 11) is -3.01. The molecule has 0 saturated carbocycles. The highest BCUT2D eigenvalue weighted by molar-refractivity contribution is 7.91. The minimum absolute atomic E-state index is 0.0808. The lowest BCUT2D eigenvalue weighted by atomic mass is 10.2. The zero-order valence-corrected chi connectivity index (χ0v) is 15.9. The highest BCUT2D eigenvalue weighted by atomic mass is 32.2. The van der Waals surface area contributed by atoms with Crippen molar-refractivity contribution in [1.82, 2.24) is 9.88 Å². The van der Waals surface area contributed by atoms with Gasteiger partial charge in [-0.1, -0.05) is 25.5 Å². The van der Waals surface area contributed by atoms with Gasteiger partial charge in [-0.3, -0.25) is 4.79 Å². The van der Waals surface area contributed by atoms with Crippen LogP contribution in [0, 0.1) is 0 Å². The van der Waals surface area contributed by atoms with E-state index in [9.17, 15) is 13.2 Å². The molecule has 3 rings (SSSR count). The van der Waals surface area contributed by atoms with E-state index in [2.05, 4.69) is 11.9 Å². The molecule has 2 heterocycles. The summed E-state index contributed by atoms with van der Waals surface area (Å²) in [5.41, 5.74) is 0.921. The van der Waals surface area contributed by atoms with Crippen molar-refractivity contribution in [3.8, 4) is 0 Å². The first kappa shape index (κ1) is 18.1. The Labute approximate surface area is 152 Å². The zero-order valence-electron chi connectivity index (χ0n) is 14.2. The van der Waals surface area contributed by atoms with Crippen LogP contribution in [-0.4, -0.2) is 48.3 Å². The fourth-order valence-electron chi connectivity index (χ4n) is 3.02. The molecule has 1 unspecified atom stereocenters. The number of aromatic nitrogens is 1. The Morgan fingerprint density at radius 3 is 2.88 bits per heavy atom. The van der Waals surface area contributed by atoms with E-state index in [4.69, 9.17) is 0 Å². The standard InChI is InChI=1S/C18H22N2O3S2/c1-2-3-11-20(14-10-12-25(22,23)13-14)18(21)9-8-17-19-15-6-4-5-7-16(15)24-17/h4-9,14H,2-3,10-13H2,1H3/b9-8+. The zero-order chi connectivity index (χ0) is 17.9. The van der Waals surface area contributed by atoms with Crippen LogP contribution in [0.5, 0.6) is 0 Å². The first-order valence-electron chi connectivity index (χ1n) is 8.53. The topological polar surface area (TPSA) is 67.3 Å². The number of thiazole rings is 1. The molecule has 1 aromatic carbocycles. The van der Waals surface area contributed by atoms with Crippen LogP contribution in [0.1, 0.15) is 31.2 Å². The molecule has 1 fully saturated rings. The summed E-state index contributed by atoms with van der Waals surface area (Å²) in [5.74, 6) is 0.127. The smallest absolute Gasteiger partial charge is 0.246 e. The molecule has 134 valence electrons. The average molecular weight is 379 g/mol. The summed E-state index contributed by atoms with van der Waals surface area (Å²) >= 11 is 1.54. The predicted octanol–water partition coefficient (Wildman–Crippen LogP) is 3.13. The van der Waals surface area contributed by atoms with Gasteiger partial charge in [0.15, 0.2) is 9.84 Å². The molecule has 7 heteroatoms. The molecule has 1 atom stereocenters. The third-order valence-electron chi connectivity index (χ3n) is 4.36. The molecule has 1 aliphatic rings. The van der Waals surface area contributed by atoms with Crippen LogP contribution in [0.2, 0.25) is 0 Å². The van der Waals surface area contributed by atoms with Gasteiger partial charge in [0, 0.05) is 18.7 Å². The molecule has 0 N–H and O–H groups in total. The molecular formula is C18H22N2O3S2.